The molecule has 0 bridgehead atoms. The summed E-state index contributed by atoms with van der Waals surface area (Å²) in [6.07, 6.45) is -1.41. The Hall–Kier alpha value is -1.27. The minimum absolute atomic E-state index is 0. The third-order valence-corrected chi connectivity index (χ3v) is 4.42. The predicted octanol–water partition coefficient (Wildman–Crippen LogP) is 3.80. The van der Waals surface area contributed by atoms with E-state index in [1.165, 1.54) is 0 Å². The number of aliphatic imine (C=N–C) groups is 1. The molecule has 0 radical (unpaired) electrons. The Balaban J connectivity index is 0.00000450. The normalized spacial score (nSPS) is 15.4. The van der Waals surface area contributed by atoms with Crippen LogP contribution in [0.4, 0.5) is 13.2 Å². The van der Waals surface area contributed by atoms with Gasteiger partial charge in [-0.25, -0.2) is 0 Å². The second-order valence-corrected chi connectivity index (χ2v) is 6.90. The lowest BCUT2D eigenvalue weighted by Gasteiger charge is -2.22. The minimum atomic E-state index is -4.38. The number of benzene rings is 1. The number of alkyl halides is 3. The second kappa shape index (κ2) is 13.9. The van der Waals surface area contributed by atoms with Crippen LogP contribution >= 0.6 is 24.0 Å². The number of hydrogen-bond acceptors (Lipinski definition) is 4. The van der Waals surface area contributed by atoms with Crippen molar-refractivity contribution in [3.05, 3.63) is 29.3 Å². The number of guanidine groups is 1. The summed E-state index contributed by atoms with van der Waals surface area (Å²) in [7, 11) is 1.64. The van der Waals surface area contributed by atoms with Gasteiger partial charge in [-0.2, -0.15) is 13.2 Å². The smallest absolute Gasteiger partial charge is 0.422 e. The van der Waals surface area contributed by atoms with Gasteiger partial charge >= 0.3 is 6.18 Å². The molecule has 30 heavy (non-hydrogen) atoms. The number of halogens is 4. The standard InChI is InChI=1S/C20H30F3N3O3.HI/c1-15-4-5-16(18(12-15)29-14-20(21,22)23)13-26-19(24-2)25-8-3-9-28-17-6-10-27-11-7-17;/h4-5,12,17H,3,6-11,13-14H2,1-2H3,(H2,24,25,26);1H. The molecular formula is C20H31F3IN3O3. The van der Waals surface area contributed by atoms with Gasteiger partial charge in [-0.1, -0.05) is 12.1 Å². The molecule has 1 saturated heterocycles. The molecule has 10 heteroatoms. The van der Waals surface area contributed by atoms with Gasteiger partial charge in [-0.3, -0.25) is 4.99 Å². The summed E-state index contributed by atoms with van der Waals surface area (Å²) in [4.78, 5) is 4.14. The van der Waals surface area contributed by atoms with Crippen LogP contribution in [0.5, 0.6) is 5.75 Å². The SMILES string of the molecule is CN=C(NCCCOC1CCOCC1)NCc1ccc(C)cc1OCC(F)(F)F.I. The lowest BCUT2D eigenvalue weighted by Crippen LogP contribution is -2.37. The fraction of sp³-hybridized carbons (Fsp3) is 0.650. The van der Waals surface area contributed by atoms with E-state index in [2.05, 4.69) is 15.6 Å². The highest BCUT2D eigenvalue weighted by Gasteiger charge is 2.28. The van der Waals surface area contributed by atoms with Crippen molar-refractivity contribution in [2.45, 2.75) is 45.0 Å². The van der Waals surface area contributed by atoms with Crippen LogP contribution in [0.2, 0.25) is 0 Å². The van der Waals surface area contributed by atoms with Crippen molar-refractivity contribution in [2.75, 3.05) is 40.0 Å². The molecule has 0 aliphatic carbocycles. The third-order valence-electron chi connectivity index (χ3n) is 4.42. The van der Waals surface area contributed by atoms with Crippen molar-refractivity contribution in [2.24, 2.45) is 4.99 Å². The Labute approximate surface area is 193 Å². The maximum atomic E-state index is 12.5. The molecule has 1 aliphatic heterocycles. The summed E-state index contributed by atoms with van der Waals surface area (Å²) in [6, 6.07) is 5.19. The highest BCUT2D eigenvalue weighted by Crippen LogP contribution is 2.23. The van der Waals surface area contributed by atoms with E-state index in [0.29, 0.717) is 31.2 Å². The zero-order valence-electron chi connectivity index (χ0n) is 17.4. The summed E-state index contributed by atoms with van der Waals surface area (Å²) < 4.78 is 53.5. The maximum absolute atomic E-state index is 12.5. The van der Waals surface area contributed by atoms with Gasteiger partial charge in [0.05, 0.1) is 6.10 Å². The van der Waals surface area contributed by atoms with Crippen LogP contribution in [0.1, 0.15) is 30.4 Å². The van der Waals surface area contributed by atoms with Crippen molar-refractivity contribution in [3.8, 4) is 5.75 Å². The highest BCUT2D eigenvalue weighted by molar-refractivity contribution is 14.0. The van der Waals surface area contributed by atoms with Gasteiger partial charge in [0.15, 0.2) is 12.6 Å². The van der Waals surface area contributed by atoms with E-state index >= 15 is 0 Å². The fourth-order valence-corrected chi connectivity index (χ4v) is 2.87. The molecular weight excluding hydrogens is 514 g/mol. The molecule has 172 valence electrons. The fourth-order valence-electron chi connectivity index (χ4n) is 2.87. The van der Waals surface area contributed by atoms with Crippen molar-refractivity contribution >= 4 is 29.9 Å². The van der Waals surface area contributed by atoms with Crippen molar-refractivity contribution in [3.63, 3.8) is 0 Å². The van der Waals surface area contributed by atoms with Crippen LogP contribution in [0.15, 0.2) is 23.2 Å². The number of aryl methyl sites for hydroxylation is 1. The van der Waals surface area contributed by atoms with Crippen molar-refractivity contribution < 1.29 is 27.4 Å². The molecule has 0 spiro atoms. The van der Waals surface area contributed by atoms with Crippen molar-refractivity contribution in [1.29, 1.82) is 0 Å². The Kier molecular flexibility index (Phi) is 12.4. The zero-order valence-corrected chi connectivity index (χ0v) is 19.7. The van der Waals surface area contributed by atoms with Gasteiger partial charge in [0.1, 0.15) is 5.75 Å². The summed E-state index contributed by atoms with van der Waals surface area (Å²) in [5.41, 5.74) is 1.46. The molecule has 1 aromatic rings. The quantitative estimate of drug-likeness (QED) is 0.214. The van der Waals surface area contributed by atoms with Gasteiger partial charge in [0.2, 0.25) is 0 Å². The van der Waals surface area contributed by atoms with E-state index in [1.807, 2.05) is 6.07 Å². The average molecular weight is 545 g/mol. The zero-order chi connectivity index (χ0) is 21.1. The van der Waals surface area contributed by atoms with Crippen LogP contribution in [0.25, 0.3) is 0 Å². The molecule has 0 unspecified atom stereocenters. The topological polar surface area (TPSA) is 64.1 Å². The molecule has 0 amide bonds. The van der Waals surface area contributed by atoms with E-state index < -0.39 is 12.8 Å². The Morgan fingerprint density at radius 1 is 1.23 bits per heavy atom. The molecule has 6 nitrogen and oxygen atoms in total. The van der Waals surface area contributed by atoms with Crippen LogP contribution < -0.4 is 15.4 Å². The minimum Gasteiger partial charge on any atom is -0.484 e. The lowest BCUT2D eigenvalue weighted by molar-refractivity contribution is -0.153. The summed E-state index contributed by atoms with van der Waals surface area (Å²) in [5, 5.41) is 6.28. The molecule has 2 N–H and O–H groups in total. The van der Waals surface area contributed by atoms with Gasteiger partial charge in [-0.15, -0.1) is 24.0 Å². The summed E-state index contributed by atoms with van der Waals surface area (Å²) >= 11 is 0. The highest BCUT2D eigenvalue weighted by atomic mass is 127. The van der Waals surface area contributed by atoms with Crippen molar-refractivity contribution in [1.82, 2.24) is 10.6 Å². The van der Waals surface area contributed by atoms with Gasteiger partial charge < -0.3 is 24.8 Å². The third kappa shape index (κ3) is 10.7. The number of nitrogens with zero attached hydrogens (tertiary/aromatic N) is 1. The van der Waals surface area contributed by atoms with Gasteiger partial charge in [0, 0.05) is 45.5 Å². The number of ether oxygens (including phenoxy) is 3. The lowest BCUT2D eigenvalue weighted by atomic mass is 10.1. The Bertz CT molecular complexity index is 654. The van der Waals surface area contributed by atoms with E-state index in [-0.39, 0.29) is 35.8 Å². The molecule has 1 aromatic carbocycles. The van der Waals surface area contributed by atoms with E-state index in [4.69, 9.17) is 14.2 Å². The van der Waals surface area contributed by atoms with Gasteiger partial charge in [-0.05, 0) is 37.8 Å². The first-order chi connectivity index (χ1) is 13.9. The Morgan fingerprint density at radius 2 is 1.97 bits per heavy atom. The monoisotopic (exact) mass is 545 g/mol. The number of nitrogens with one attached hydrogen (secondary N) is 2. The summed E-state index contributed by atoms with van der Waals surface area (Å²) in [5.74, 6) is 0.786. The first kappa shape index (κ1) is 26.8. The molecule has 0 aromatic heterocycles. The van der Waals surface area contributed by atoms with Gasteiger partial charge in [0.25, 0.3) is 0 Å². The largest absolute Gasteiger partial charge is 0.484 e. The van der Waals surface area contributed by atoms with E-state index in [9.17, 15) is 13.2 Å². The molecule has 1 aliphatic rings. The number of rotatable bonds is 9. The van der Waals surface area contributed by atoms with E-state index in [0.717, 1.165) is 38.0 Å². The second-order valence-electron chi connectivity index (χ2n) is 6.90. The van der Waals surface area contributed by atoms with Crippen LogP contribution in [0.3, 0.4) is 0 Å². The molecule has 1 fully saturated rings. The first-order valence-electron chi connectivity index (χ1n) is 9.80. The number of hydrogen-bond donors (Lipinski definition) is 2. The molecule has 2 rings (SSSR count). The summed E-state index contributed by atoms with van der Waals surface area (Å²) in [6.45, 7) is 3.63. The van der Waals surface area contributed by atoms with Crippen LogP contribution in [-0.2, 0) is 16.0 Å². The van der Waals surface area contributed by atoms with Crippen LogP contribution in [-0.4, -0.2) is 58.3 Å². The molecule has 0 atom stereocenters. The average Bonchev–Trinajstić information content (AvgIpc) is 2.69. The first-order valence-corrected chi connectivity index (χ1v) is 9.80. The van der Waals surface area contributed by atoms with E-state index in [1.54, 1.807) is 26.1 Å². The molecule has 0 saturated carbocycles. The maximum Gasteiger partial charge on any atom is 0.422 e. The Morgan fingerprint density at radius 3 is 2.63 bits per heavy atom. The van der Waals surface area contributed by atoms with Crippen LogP contribution in [0, 0.1) is 6.92 Å². The predicted molar refractivity (Wildman–Crippen MR) is 121 cm³/mol. The molecule has 1 heterocycles.